The molecule has 6 heteroatoms. The minimum absolute atomic E-state index is 0.122. The van der Waals surface area contributed by atoms with Crippen LogP contribution in [0, 0.1) is 0 Å². The van der Waals surface area contributed by atoms with Crippen molar-refractivity contribution >= 4 is 23.2 Å². The number of nitrogens with one attached hydrogen (secondary N) is 2. The standard InChI is InChI=1S/C21H27N3O3/c1-4-16-10-6-7-11-17(16)22-20(25)14-24(5-2)15-21(26)23-18-12-8-9-13-19(18)27-3/h6-13H,4-5,14-15H2,1-3H3,(H,22,25)(H,23,26). The number of nitrogens with zero attached hydrogens (tertiary/aromatic N) is 1. The van der Waals surface area contributed by atoms with E-state index >= 15 is 0 Å². The zero-order chi connectivity index (χ0) is 19.6. The predicted octanol–water partition coefficient (Wildman–Crippen LogP) is 3.16. The van der Waals surface area contributed by atoms with Crippen LogP contribution in [0.5, 0.6) is 5.75 Å². The summed E-state index contributed by atoms with van der Waals surface area (Å²) in [5.41, 5.74) is 2.52. The molecule has 2 amide bonds. The van der Waals surface area contributed by atoms with Crippen molar-refractivity contribution in [1.29, 1.82) is 0 Å². The number of methoxy groups -OCH3 is 1. The van der Waals surface area contributed by atoms with Gasteiger partial charge in [0.2, 0.25) is 11.8 Å². The van der Waals surface area contributed by atoms with Gasteiger partial charge in [0.1, 0.15) is 5.75 Å². The Labute approximate surface area is 160 Å². The van der Waals surface area contributed by atoms with Gasteiger partial charge in [-0.15, -0.1) is 0 Å². The zero-order valence-electron chi connectivity index (χ0n) is 16.1. The average Bonchev–Trinajstić information content (AvgIpc) is 2.68. The maximum Gasteiger partial charge on any atom is 0.238 e. The molecule has 0 aliphatic rings. The van der Waals surface area contributed by atoms with Crippen LogP contribution in [-0.4, -0.2) is 43.5 Å². The van der Waals surface area contributed by atoms with Gasteiger partial charge in [-0.25, -0.2) is 0 Å². The van der Waals surface area contributed by atoms with Gasteiger partial charge in [0, 0.05) is 5.69 Å². The van der Waals surface area contributed by atoms with Gasteiger partial charge in [-0.2, -0.15) is 0 Å². The highest BCUT2D eigenvalue weighted by Gasteiger charge is 2.15. The van der Waals surface area contributed by atoms with Gasteiger partial charge in [0.05, 0.1) is 25.9 Å². The highest BCUT2D eigenvalue weighted by atomic mass is 16.5. The summed E-state index contributed by atoms with van der Waals surface area (Å²) in [7, 11) is 1.56. The Kier molecular flexibility index (Phi) is 7.82. The first-order valence-electron chi connectivity index (χ1n) is 9.10. The summed E-state index contributed by atoms with van der Waals surface area (Å²) in [6, 6.07) is 15.0. The monoisotopic (exact) mass is 369 g/mol. The van der Waals surface area contributed by atoms with E-state index in [0.717, 1.165) is 17.7 Å². The lowest BCUT2D eigenvalue weighted by Gasteiger charge is -2.20. The van der Waals surface area contributed by atoms with E-state index < -0.39 is 0 Å². The second kappa shape index (κ2) is 10.3. The van der Waals surface area contributed by atoms with Crippen molar-refractivity contribution in [2.24, 2.45) is 0 Å². The van der Waals surface area contributed by atoms with Gasteiger partial charge in [-0.1, -0.05) is 44.2 Å². The summed E-state index contributed by atoms with van der Waals surface area (Å²) in [5, 5.41) is 5.77. The molecule has 0 aliphatic heterocycles. The van der Waals surface area contributed by atoms with Crippen molar-refractivity contribution in [3.8, 4) is 5.75 Å². The van der Waals surface area contributed by atoms with Gasteiger partial charge < -0.3 is 15.4 Å². The highest BCUT2D eigenvalue weighted by molar-refractivity contribution is 5.95. The zero-order valence-corrected chi connectivity index (χ0v) is 16.1. The normalized spacial score (nSPS) is 10.5. The molecule has 0 unspecified atom stereocenters. The van der Waals surface area contributed by atoms with E-state index in [1.807, 2.05) is 50.2 Å². The lowest BCUT2D eigenvalue weighted by Crippen LogP contribution is -2.38. The molecular formula is C21H27N3O3. The lowest BCUT2D eigenvalue weighted by atomic mass is 10.1. The number of likely N-dealkylation sites (N-methyl/N-ethyl adjacent to an activating group) is 1. The molecule has 0 atom stereocenters. The number of carbonyl (C=O) groups excluding carboxylic acids is 2. The number of para-hydroxylation sites is 3. The maximum absolute atomic E-state index is 12.4. The molecule has 0 radical (unpaired) electrons. The summed E-state index contributed by atoms with van der Waals surface area (Å²) < 4.78 is 5.24. The molecule has 2 rings (SSSR count). The lowest BCUT2D eigenvalue weighted by molar-refractivity contribution is -0.119. The summed E-state index contributed by atoms with van der Waals surface area (Å²) in [5.74, 6) is 0.272. The van der Waals surface area contributed by atoms with Crippen LogP contribution in [0.4, 0.5) is 11.4 Å². The fourth-order valence-corrected chi connectivity index (χ4v) is 2.76. The molecule has 0 aromatic heterocycles. The first-order valence-corrected chi connectivity index (χ1v) is 9.10. The number of rotatable bonds is 9. The van der Waals surface area contributed by atoms with E-state index in [1.54, 1.807) is 24.1 Å². The van der Waals surface area contributed by atoms with Crippen molar-refractivity contribution in [1.82, 2.24) is 4.90 Å². The Balaban J connectivity index is 1.92. The van der Waals surface area contributed by atoms with Crippen molar-refractivity contribution in [3.63, 3.8) is 0 Å². The predicted molar refractivity (Wildman–Crippen MR) is 108 cm³/mol. The summed E-state index contributed by atoms with van der Waals surface area (Å²) in [4.78, 5) is 26.5. The van der Waals surface area contributed by atoms with Crippen LogP contribution < -0.4 is 15.4 Å². The first-order chi connectivity index (χ1) is 13.1. The molecule has 0 bridgehead atoms. The minimum atomic E-state index is -0.192. The van der Waals surface area contributed by atoms with E-state index in [2.05, 4.69) is 10.6 Å². The van der Waals surface area contributed by atoms with E-state index in [9.17, 15) is 9.59 Å². The van der Waals surface area contributed by atoms with Crippen LogP contribution in [-0.2, 0) is 16.0 Å². The molecule has 0 fully saturated rings. The number of ether oxygens (including phenoxy) is 1. The third-order valence-corrected chi connectivity index (χ3v) is 4.24. The van der Waals surface area contributed by atoms with Gasteiger partial charge in [-0.05, 0) is 36.7 Å². The Hall–Kier alpha value is -2.86. The van der Waals surface area contributed by atoms with Crippen LogP contribution in [0.15, 0.2) is 48.5 Å². The molecule has 0 heterocycles. The second-order valence-corrected chi connectivity index (χ2v) is 6.11. The highest BCUT2D eigenvalue weighted by Crippen LogP contribution is 2.22. The Morgan fingerprint density at radius 3 is 2.04 bits per heavy atom. The van der Waals surface area contributed by atoms with E-state index in [0.29, 0.717) is 18.0 Å². The van der Waals surface area contributed by atoms with Crippen molar-refractivity contribution < 1.29 is 14.3 Å². The van der Waals surface area contributed by atoms with Crippen LogP contribution >= 0.6 is 0 Å². The number of benzene rings is 2. The molecule has 2 aromatic rings. The van der Waals surface area contributed by atoms with E-state index in [1.165, 1.54) is 0 Å². The number of hydrogen-bond donors (Lipinski definition) is 2. The van der Waals surface area contributed by atoms with Crippen LogP contribution in [0.1, 0.15) is 19.4 Å². The molecule has 2 N–H and O–H groups in total. The van der Waals surface area contributed by atoms with Crippen LogP contribution in [0.2, 0.25) is 0 Å². The smallest absolute Gasteiger partial charge is 0.238 e. The Morgan fingerprint density at radius 1 is 0.889 bits per heavy atom. The topological polar surface area (TPSA) is 70.7 Å². The Bertz CT molecular complexity index is 713. The van der Waals surface area contributed by atoms with Crippen molar-refractivity contribution in [2.45, 2.75) is 20.3 Å². The molecule has 0 aliphatic carbocycles. The summed E-state index contributed by atoms with van der Waals surface area (Å²) in [6.45, 7) is 4.82. The number of hydrogen-bond acceptors (Lipinski definition) is 4. The first kappa shape index (κ1) is 20.5. The molecular weight excluding hydrogens is 342 g/mol. The minimum Gasteiger partial charge on any atom is -0.495 e. The van der Waals surface area contributed by atoms with Crippen molar-refractivity contribution in [3.05, 3.63) is 54.1 Å². The number of aryl methyl sites for hydroxylation is 1. The molecule has 144 valence electrons. The fourth-order valence-electron chi connectivity index (χ4n) is 2.76. The molecule has 0 saturated carbocycles. The third-order valence-electron chi connectivity index (χ3n) is 4.24. The molecule has 27 heavy (non-hydrogen) atoms. The van der Waals surface area contributed by atoms with E-state index in [-0.39, 0.29) is 24.9 Å². The molecule has 2 aromatic carbocycles. The number of anilines is 2. The number of amides is 2. The van der Waals surface area contributed by atoms with Gasteiger partial charge in [0.25, 0.3) is 0 Å². The molecule has 6 nitrogen and oxygen atoms in total. The van der Waals surface area contributed by atoms with Gasteiger partial charge in [-0.3, -0.25) is 14.5 Å². The summed E-state index contributed by atoms with van der Waals surface area (Å²) in [6.07, 6.45) is 0.843. The largest absolute Gasteiger partial charge is 0.495 e. The van der Waals surface area contributed by atoms with Gasteiger partial charge in [0.15, 0.2) is 0 Å². The summed E-state index contributed by atoms with van der Waals surface area (Å²) >= 11 is 0. The van der Waals surface area contributed by atoms with Crippen LogP contribution in [0.3, 0.4) is 0 Å². The van der Waals surface area contributed by atoms with Crippen LogP contribution in [0.25, 0.3) is 0 Å². The maximum atomic E-state index is 12.4. The SMILES string of the molecule is CCc1ccccc1NC(=O)CN(CC)CC(=O)Nc1ccccc1OC. The quantitative estimate of drug-likeness (QED) is 0.712. The number of carbonyl (C=O) groups is 2. The second-order valence-electron chi connectivity index (χ2n) is 6.11. The average molecular weight is 369 g/mol. The molecule has 0 saturated heterocycles. The Morgan fingerprint density at radius 2 is 1.44 bits per heavy atom. The molecule has 0 spiro atoms. The third kappa shape index (κ3) is 6.11. The fraction of sp³-hybridized carbons (Fsp3) is 0.333. The van der Waals surface area contributed by atoms with Crippen molar-refractivity contribution in [2.75, 3.05) is 37.4 Å². The van der Waals surface area contributed by atoms with Gasteiger partial charge >= 0.3 is 0 Å². The van der Waals surface area contributed by atoms with E-state index in [4.69, 9.17) is 4.74 Å².